The van der Waals surface area contributed by atoms with Crippen LogP contribution in [0, 0.1) is 17.3 Å². The number of aromatic nitrogens is 2. The summed E-state index contributed by atoms with van der Waals surface area (Å²) in [5.74, 6) is 5.93. The normalized spacial score (nSPS) is 16.6. The van der Waals surface area contributed by atoms with E-state index >= 15 is 0 Å². The lowest BCUT2D eigenvalue weighted by Gasteiger charge is -2.31. The van der Waals surface area contributed by atoms with E-state index in [0.717, 1.165) is 82.8 Å². The predicted octanol–water partition coefficient (Wildman–Crippen LogP) is 7.70. The van der Waals surface area contributed by atoms with Gasteiger partial charge in [0.1, 0.15) is 18.4 Å². The number of carbonyl (C=O) groups is 5. The number of amides is 5. The number of carbonyl (C=O) groups excluding carboxylic acids is 5. The maximum Gasteiger partial charge on any atom is 0.266 e. The van der Waals surface area contributed by atoms with Gasteiger partial charge >= 0.3 is 0 Å². The molecule has 5 amide bonds. The van der Waals surface area contributed by atoms with Crippen molar-refractivity contribution in [2.75, 3.05) is 38.6 Å². The van der Waals surface area contributed by atoms with Crippen LogP contribution in [-0.2, 0) is 25.7 Å². The summed E-state index contributed by atoms with van der Waals surface area (Å²) in [4.78, 5) is 76.3. The number of benzene rings is 2. The number of anilines is 1. The lowest BCUT2D eigenvalue weighted by Crippen LogP contribution is -2.54. The number of nitrogen functional groups attached to an aromatic ring is 1. The molecular weight excluding hydrogens is 845 g/mol. The summed E-state index contributed by atoms with van der Waals surface area (Å²) in [5.41, 5.74) is 9.34. The molecule has 0 saturated carbocycles. The Morgan fingerprint density at radius 2 is 1.62 bits per heavy atom. The highest BCUT2D eigenvalue weighted by molar-refractivity contribution is 7.15. The Hall–Kier alpha value is -6.11. The number of likely N-dealkylation sites (tertiary alicyclic amines) is 1. The fourth-order valence-corrected chi connectivity index (χ4v) is 9.14. The first-order chi connectivity index (χ1) is 31.3. The van der Waals surface area contributed by atoms with Crippen molar-refractivity contribution in [1.29, 1.82) is 0 Å². The molecule has 1 atom stereocenters. The third kappa shape index (κ3) is 12.4. The Balaban J connectivity index is 0.740. The van der Waals surface area contributed by atoms with Gasteiger partial charge in [0.2, 0.25) is 17.7 Å². The molecule has 2 aromatic carbocycles. The minimum Gasteiger partial charge on any atom is -0.493 e. The van der Waals surface area contributed by atoms with Gasteiger partial charge in [-0.3, -0.25) is 34.2 Å². The van der Waals surface area contributed by atoms with Crippen LogP contribution in [0.3, 0.4) is 0 Å². The van der Waals surface area contributed by atoms with Gasteiger partial charge in [-0.05, 0) is 88.8 Å². The minimum absolute atomic E-state index is 0.0676. The van der Waals surface area contributed by atoms with Crippen LogP contribution in [0.4, 0.5) is 5.82 Å². The Kier molecular flexibility index (Phi) is 15.7. The van der Waals surface area contributed by atoms with Gasteiger partial charge in [0.05, 0.1) is 40.6 Å². The van der Waals surface area contributed by atoms with Gasteiger partial charge in [-0.25, -0.2) is 9.97 Å². The Labute approximate surface area is 384 Å². The third-order valence-electron chi connectivity index (χ3n) is 11.6. The molecular formula is C50H58N6O8S. The second-order valence-electron chi connectivity index (χ2n) is 17.8. The molecule has 2 saturated heterocycles. The SMILES string of the molecule is CC(C)(C)C#Cc1cccc(COc2cc(-c3cnc(C4CCN(C(=O)CCOCCCCCCCCOc5cccc6c5C(=O)N(C5CCC(=O)NC5=O)C6=O)CC4)s3)cnc2N)c1. The molecule has 0 radical (unpaired) electrons. The largest absolute Gasteiger partial charge is 0.493 e. The highest BCUT2D eigenvalue weighted by Gasteiger charge is 2.46. The van der Waals surface area contributed by atoms with Crippen LogP contribution >= 0.6 is 11.3 Å². The molecule has 3 aliphatic rings. The van der Waals surface area contributed by atoms with Crippen molar-refractivity contribution >= 4 is 46.7 Å². The van der Waals surface area contributed by atoms with Crippen LogP contribution in [0.15, 0.2) is 60.9 Å². The van der Waals surface area contributed by atoms with E-state index in [0.29, 0.717) is 63.3 Å². The quantitative estimate of drug-likeness (QED) is 0.0534. The summed E-state index contributed by atoms with van der Waals surface area (Å²) in [6, 6.07) is 13.8. The standard InChI is InChI=1S/C50H58N6O8S/c1-50(2,3)22-18-33-12-10-13-34(28-33)32-64-40-29-36(30-52-45(40)51)41-31-53-47(65-41)35-19-23-55(24-20-35)43(58)21-27-62-25-8-6-4-5-7-9-26-63-39-15-11-14-37-44(39)49(61)56(48(37)60)38-16-17-42(57)54-46(38)59/h10-15,28-31,35,38H,4-9,16-17,19-21,23-27,32H2,1-3H3,(H2,51,52)(H,54,57,59). The highest BCUT2D eigenvalue weighted by atomic mass is 32.1. The number of hydrogen-bond acceptors (Lipinski definition) is 12. The van der Waals surface area contributed by atoms with Gasteiger partial charge in [-0.15, -0.1) is 11.3 Å². The van der Waals surface area contributed by atoms with E-state index < -0.39 is 29.7 Å². The molecule has 7 rings (SSSR count). The summed E-state index contributed by atoms with van der Waals surface area (Å²) < 4.78 is 17.9. The summed E-state index contributed by atoms with van der Waals surface area (Å²) in [5, 5.41) is 3.27. The molecule has 2 aromatic heterocycles. The first kappa shape index (κ1) is 46.9. The molecule has 0 spiro atoms. The van der Waals surface area contributed by atoms with Gasteiger partial charge in [-0.1, -0.05) is 55.7 Å². The number of rotatable bonds is 19. The zero-order valence-electron chi connectivity index (χ0n) is 37.5. The van der Waals surface area contributed by atoms with Crippen LogP contribution in [0.25, 0.3) is 10.4 Å². The second kappa shape index (κ2) is 21.7. The Morgan fingerprint density at radius 3 is 2.38 bits per heavy atom. The van der Waals surface area contributed by atoms with E-state index in [-0.39, 0.29) is 41.2 Å². The molecule has 0 aliphatic carbocycles. The molecule has 0 bridgehead atoms. The number of hydrogen-bond donors (Lipinski definition) is 2. The van der Waals surface area contributed by atoms with E-state index in [9.17, 15) is 24.0 Å². The van der Waals surface area contributed by atoms with Crippen LogP contribution in [0.2, 0.25) is 0 Å². The van der Waals surface area contributed by atoms with E-state index in [2.05, 4.69) is 42.9 Å². The maximum atomic E-state index is 13.3. The van der Waals surface area contributed by atoms with Crippen molar-refractivity contribution in [2.24, 2.45) is 5.41 Å². The zero-order valence-corrected chi connectivity index (χ0v) is 38.3. The first-order valence-corrected chi connectivity index (χ1v) is 23.5. The summed E-state index contributed by atoms with van der Waals surface area (Å²) in [7, 11) is 0. The molecule has 3 aliphatic heterocycles. The van der Waals surface area contributed by atoms with Crippen molar-refractivity contribution in [1.82, 2.24) is 25.1 Å². The van der Waals surface area contributed by atoms with Crippen molar-refractivity contribution in [3.05, 3.63) is 88.2 Å². The number of piperidine rings is 2. The third-order valence-corrected chi connectivity index (χ3v) is 12.8. The van der Waals surface area contributed by atoms with Crippen molar-refractivity contribution < 1.29 is 38.2 Å². The number of fused-ring (bicyclic) bond motifs is 1. The van der Waals surface area contributed by atoms with E-state index in [1.165, 1.54) is 0 Å². The lowest BCUT2D eigenvalue weighted by atomic mass is 9.97. The molecule has 342 valence electrons. The molecule has 65 heavy (non-hydrogen) atoms. The van der Waals surface area contributed by atoms with E-state index in [4.69, 9.17) is 24.9 Å². The molecule has 4 aromatic rings. The monoisotopic (exact) mass is 902 g/mol. The molecule has 1 unspecified atom stereocenters. The van der Waals surface area contributed by atoms with Gasteiger partial charge in [0.15, 0.2) is 11.6 Å². The average Bonchev–Trinajstić information content (AvgIpc) is 3.88. The topological polar surface area (TPSA) is 183 Å². The number of nitrogens with two attached hydrogens (primary N) is 1. The molecule has 3 N–H and O–H groups in total. The lowest BCUT2D eigenvalue weighted by molar-refractivity contribution is -0.136. The van der Waals surface area contributed by atoms with Gasteiger partial charge in [0, 0.05) is 61.0 Å². The van der Waals surface area contributed by atoms with Crippen molar-refractivity contribution in [3.63, 3.8) is 0 Å². The number of imide groups is 2. The minimum atomic E-state index is -1.01. The average molecular weight is 903 g/mol. The second-order valence-corrected chi connectivity index (χ2v) is 18.8. The summed E-state index contributed by atoms with van der Waals surface area (Å²) >= 11 is 1.65. The number of pyridine rings is 1. The zero-order chi connectivity index (χ0) is 45.9. The Morgan fingerprint density at radius 1 is 0.862 bits per heavy atom. The van der Waals surface area contributed by atoms with Gasteiger partial charge in [0.25, 0.3) is 11.8 Å². The van der Waals surface area contributed by atoms with Crippen LogP contribution in [0.1, 0.15) is 134 Å². The van der Waals surface area contributed by atoms with E-state index in [1.54, 1.807) is 35.7 Å². The van der Waals surface area contributed by atoms with Crippen LogP contribution in [0.5, 0.6) is 11.5 Å². The Bertz CT molecular complexity index is 2440. The summed E-state index contributed by atoms with van der Waals surface area (Å²) in [6.45, 7) is 9.42. The van der Waals surface area contributed by atoms with Gasteiger partial charge < -0.3 is 24.8 Å². The smallest absolute Gasteiger partial charge is 0.266 e. The predicted molar refractivity (Wildman–Crippen MR) is 247 cm³/mol. The van der Waals surface area contributed by atoms with Crippen LogP contribution in [-0.4, -0.2) is 88.3 Å². The van der Waals surface area contributed by atoms with Crippen molar-refractivity contribution in [3.8, 4) is 33.8 Å². The number of nitrogens with one attached hydrogen (secondary N) is 1. The number of unbranched alkanes of at least 4 members (excludes halogenated alkanes) is 5. The molecule has 5 heterocycles. The number of thiazole rings is 1. The van der Waals surface area contributed by atoms with Crippen molar-refractivity contribution in [2.45, 2.75) is 110 Å². The fraction of sp³-hybridized carbons (Fsp3) is 0.460. The van der Waals surface area contributed by atoms with Gasteiger partial charge in [-0.2, -0.15) is 0 Å². The molecule has 14 nitrogen and oxygen atoms in total. The maximum absolute atomic E-state index is 13.3. The molecule has 2 fully saturated rings. The van der Waals surface area contributed by atoms with Crippen LogP contribution < -0.4 is 20.5 Å². The fourth-order valence-electron chi connectivity index (χ4n) is 8.07. The highest BCUT2D eigenvalue weighted by Crippen LogP contribution is 2.37. The summed E-state index contributed by atoms with van der Waals surface area (Å²) in [6.07, 6.45) is 11.6. The number of ether oxygens (including phenoxy) is 3. The van der Waals surface area contributed by atoms with E-state index in [1.807, 2.05) is 41.4 Å². The number of nitrogens with zero attached hydrogens (tertiary/aromatic N) is 4. The first-order valence-electron chi connectivity index (χ1n) is 22.6. The molecule has 15 heteroatoms.